The van der Waals surface area contributed by atoms with E-state index in [9.17, 15) is 9.90 Å². The van der Waals surface area contributed by atoms with Crippen molar-refractivity contribution in [1.82, 2.24) is 9.97 Å². The molecule has 2 aromatic heterocycles. The number of anilines is 1. The van der Waals surface area contributed by atoms with E-state index in [1.54, 1.807) is 0 Å². The van der Waals surface area contributed by atoms with Crippen molar-refractivity contribution in [3.05, 3.63) is 77.2 Å². The van der Waals surface area contributed by atoms with Crippen molar-refractivity contribution in [3.63, 3.8) is 0 Å². The van der Waals surface area contributed by atoms with Gasteiger partial charge in [-0.25, -0.2) is 9.97 Å². The number of benzene rings is 1. The lowest BCUT2D eigenvalue weighted by atomic mass is 10.1. The molecular formula is C22H22N3O3S. The minimum Gasteiger partial charge on any atom is -0.489 e. The number of carbonyl (C=O) groups excluding carboxylic acids is 1. The predicted molar refractivity (Wildman–Crippen MR) is 112 cm³/mol. The Kier molecular flexibility index (Phi) is 5.87. The number of para-hydroxylation sites is 1. The van der Waals surface area contributed by atoms with Crippen molar-refractivity contribution in [1.29, 1.82) is 0 Å². The number of nitrogens with one attached hydrogen (secondary N) is 1. The van der Waals surface area contributed by atoms with Gasteiger partial charge in [0, 0.05) is 17.8 Å². The van der Waals surface area contributed by atoms with Gasteiger partial charge in [-0.05, 0) is 49.3 Å². The van der Waals surface area contributed by atoms with Crippen molar-refractivity contribution in [2.45, 2.75) is 31.6 Å². The Morgan fingerprint density at radius 2 is 2.14 bits per heavy atom. The first-order valence-electron chi connectivity index (χ1n) is 9.48. The Hall–Kier alpha value is -2.77. The number of hydrogen-bond donors (Lipinski definition) is 2. The first-order valence-corrected chi connectivity index (χ1v) is 10.4. The summed E-state index contributed by atoms with van der Waals surface area (Å²) >= 11 is 1.38. The van der Waals surface area contributed by atoms with Gasteiger partial charge < -0.3 is 15.2 Å². The largest absolute Gasteiger partial charge is 0.489 e. The lowest BCUT2D eigenvalue weighted by Crippen LogP contribution is -2.20. The number of rotatable bonds is 7. The quantitative estimate of drug-likeness (QED) is 0.580. The van der Waals surface area contributed by atoms with Crippen LogP contribution >= 0.6 is 11.3 Å². The molecule has 0 unspecified atom stereocenters. The van der Waals surface area contributed by atoms with Crippen LogP contribution in [0.3, 0.4) is 0 Å². The van der Waals surface area contributed by atoms with Crippen LogP contribution in [0.5, 0.6) is 5.75 Å². The third-order valence-electron chi connectivity index (χ3n) is 4.98. The summed E-state index contributed by atoms with van der Waals surface area (Å²) in [6.45, 7) is 4.36. The summed E-state index contributed by atoms with van der Waals surface area (Å²) in [6, 6.07) is 11.4. The molecule has 149 valence electrons. The van der Waals surface area contributed by atoms with Crippen molar-refractivity contribution < 1.29 is 14.6 Å². The molecule has 7 heteroatoms. The molecule has 1 aliphatic rings. The molecular weight excluding hydrogens is 386 g/mol. The number of carbonyl (C=O) groups is 1. The second kappa shape index (κ2) is 8.71. The molecule has 2 N–H and O–H groups in total. The summed E-state index contributed by atoms with van der Waals surface area (Å²) in [4.78, 5) is 21.9. The van der Waals surface area contributed by atoms with Crippen LogP contribution in [-0.2, 0) is 6.61 Å². The maximum absolute atomic E-state index is 13.0. The molecule has 6 nitrogen and oxygen atoms in total. The van der Waals surface area contributed by atoms with E-state index in [1.165, 1.54) is 23.9 Å². The van der Waals surface area contributed by atoms with Gasteiger partial charge in [0.15, 0.2) is 0 Å². The number of ketones is 1. The van der Waals surface area contributed by atoms with Crippen molar-refractivity contribution in [2.75, 3.05) is 5.32 Å². The maximum Gasteiger partial charge on any atom is 0.208 e. The highest BCUT2D eigenvalue weighted by Crippen LogP contribution is 2.29. The van der Waals surface area contributed by atoms with Crippen molar-refractivity contribution >= 4 is 22.9 Å². The maximum atomic E-state index is 13.0. The fraction of sp³-hybridized carbons (Fsp3) is 0.273. The fourth-order valence-electron chi connectivity index (χ4n) is 3.41. The summed E-state index contributed by atoms with van der Waals surface area (Å²) in [5.74, 6) is 1.13. The van der Waals surface area contributed by atoms with Gasteiger partial charge in [-0.3, -0.25) is 4.79 Å². The number of aromatic nitrogens is 2. The second-order valence-electron chi connectivity index (χ2n) is 7.18. The summed E-state index contributed by atoms with van der Waals surface area (Å²) in [7, 11) is 0. The molecule has 1 aliphatic carbocycles. The summed E-state index contributed by atoms with van der Waals surface area (Å²) in [5.41, 5.74) is 1.36. The molecule has 0 aliphatic heterocycles. The Morgan fingerprint density at radius 1 is 1.31 bits per heavy atom. The molecule has 1 saturated carbocycles. The lowest BCUT2D eigenvalue weighted by molar-refractivity contribution is 0.104. The molecule has 1 radical (unpaired) electrons. The first-order chi connectivity index (χ1) is 14.1. The zero-order chi connectivity index (χ0) is 20.2. The van der Waals surface area contributed by atoms with Gasteiger partial charge >= 0.3 is 0 Å². The van der Waals surface area contributed by atoms with Crippen LogP contribution in [0, 0.1) is 12.8 Å². The molecule has 0 saturated heterocycles. The van der Waals surface area contributed by atoms with E-state index in [4.69, 9.17) is 4.74 Å². The minimum absolute atomic E-state index is 0.0158. The topological polar surface area (TPSA) is 84.3 Å². The molecule has 2 heterocycles. The summed E-state index contributed by atoms with van der Waals surface area (Å²) in [6.07, 6.45) is 3.84. The van der Waals surface area contributed by atoms with Crippen molar-refractivity contribution in [2.24, 2.45) is 5.92 Å². The van der Waals surface area contributed by atoms with Crippen LogP contribution in [0.15, 0.2) is 54.3 Å². The van der Waals surface area contributed by atoms with Gasteiger partial charge in [-0.15, -0.1) is 11.3 Å². The SMILES string of the molecule is [CH2][C@@H]1C[C@@H](Nc2ncncc2C(=O)c2cc(COc3ccccc3)cs2)C[C@@H]1O. The average molecular weight is 409 g/mol. The van der Waals surface area contributed by atoms with Crippen LogP contribution in [0.25, 0.3) is 0 Å². The van der Waals surface area contributed by atoms with E-state index < -0.39 is 6.10 Å². The fourth-order valence-corrected chi connectivity index (χ4v) is 4.26. The summed E-state index contributed by atoms with van der Waals surface area (Å²) in [5, 5.41) is 15.1. The van der Waals surface area contributed by atoms with E-state index in [1.807, 2.05) is 41.8 Å². The Morgan fingerprint density at radius 3 is 2.90 bits per heavy atom. The lowest BCUT2D eigenvalue weighted by Gasteiger charge is -2.15. The smallest absolute Gasteiger partial charge is 0.208 e. The van der Waals surface area contributed by atoms with Crippen LogP contribution in [0.4, 0.5) is 5.82 Å². The minimum atomic E-state index is -0.432. The van der Waals surface area contributed by atoms with Crippen molar-refractivity contribution in [3.8, 4) is 5.75 Å². The molecule has 3 atom stereocenters. The zero-order valence-electron chi connectivity index (χ0n) is 15.8. The standard InChI is InChI=1S/C22H22N3O3S/c1-14-7-16(9-19(14)26)25-22-18(10-23-13-24-22)21(27)20-8-15(12-29-20)11-28-17-5-3-2-4-6-17/h2-6,8,10,12-14,16,19,26H,1,7,9,11H2,(H,23,24,25)/t14-,16-,19+/m1/s1. The van der Waals surface area contributed by atoms with E-state index in [0.717, 1.165) is 17.7 Å². The van der Waals surface area contributed by atoms with Gasteiger partial charge in [-0.1, -0.05) is 18.2 Å². The highest BCUT2D eigenvalue weighted by molar-refractivity contribution is 7.12. The van der Waals surface area contributed by atoms with E-state index in [0.29, 0.717) is 29.3 Å². The van der Waals surface area contributed by atoms with Gasteiger partial charge in [0.05, 0.1) is 16.5 Å². The Bertz CT molecular complexity index is 966. The number of thiophene rings is 1. The summed E-state index contributed by atoms with van der Waals surface area (Å²) < 4.78 is 5.75. The normalized spacial score (nSPS) is 21.1. The number of nitrogens with zero attached hydrogens (tertiary/aromatic N) is 2. The van der Waals surface area contributed by atoms with Gasteiger partial charge in [0.25, 0.3) is 0 Å². The Balaban J connectivity index is 1.45. The molecule has 0 spiro atoms. The molecule has 4 rings (SSSR count). The highest BCUT2D eigenvalue weighted by Gasteiger charge is 2.31. The third-order valence-corrected chi connectivity index (χ3v) is 5.96. The zero-order valence-corrected chi connectivity index (χ0v) is 16.6. The third kappa shape index (κ3) is 4.63. The highest BCUT2D eigenvalue weighted by atomic mass is 32.1. The van der Waals surface area contributed by atoms with E-state index in [-0.39, 0.29) is 17.7 Å². The predicted octanol–water partition coefficient (Wildman–Crippen LogP) is 3.73. The van der Waals surface area contributed by atoms with E-state index in [2.05, 4.69) is 22.2 Å². The monoisotopic (exact) mass is 408 g/mol. The number of ether oxygens (including phenoxy) is 1. The number of aliphatic hydroxyl groups is 1. The average Bonchev–Trinajstić information content (AvgIpc) is 3.33. The van der Waals surface area contributed by atoms with Gasteiger partial charge in [0.1, 0.15) is 24.5 Å². The van der Waals surface area contributed by atoms with Crippen LogP contribution in [-0.4, -0.2) is 33.0 Å². The van der Waals surface area contributed by atoms with Crippen LogP contribution in [0.2, 0.25) is 0 Å². The molecule has 1 fully saturated rings. The molecule has 0 amide bonds. The van der Waals surface area contributed by atoms with Gasteiger partial charge in [0.2, 0.25) is 5.78 Å². The first kappa shape index (κ1) is 19.5. The molecule has 29 heavy (non-hydrogen) atoms. The molecule has 1 aromatic carbocycles. The Labute approximate surface area is 173 Å². The van der Waals surface area contributed by atoms with E-state index >= 15 is 0 Å². The molecule has 0 bridgehead atoms. The molecule has 3 aromatic rings. The number of aliphatic hydroxyl groups excluding tert-OH is 1. The van der Waals surface area contributed by atoms with Crippen LogP contribution in [0.1, 0.15) is 33.6 Å². The van der Waals surface area contributed by atoms with Gasteiger partial charge in [-0.2, -0.15) is 0 Å². The number of hydrogen-bond acceptors (Lipinski definition) is 7. The van der Waals surface area contributed by atoms with Crippen LogP contribution < -0.4 is 10.1 Å². The second-order valence-corrected chi connectivity index (χ2v) is 8.09.